The van der Waals surface area contributed by atoms with Gasteiger partial charge in [-0.05, 0) is 6.07 Å². The van der Waals surface area contributed by atoms with Crippen LogP contribution in [0.2, 0.25) is 0 Å². The third kappa shape index (κ3) is 4.54. The van der Waals surface area contributed by atoms with E-state index in [1.54, 1.807) is 23.1 Å². The lowest BCUT2D eigenvalue weighted by molar-refractivity contribution is -0.148. The number of alkyl halides is 3. The lowest BCUT2D eigenvalue weighted by atomic mass is 10.00. The molecule has 0 radical (unpaired) electrons. The van der Waals surface area contributed by atoms with Gasteiger partial charge in [0.25, 0.3) is 0 Å². The molecule has 20 heavy (non-hydrogen) atoms. The van der Waals surface area contributed by atoms with Crippen molar-refractivity contribution in [3.8, 4) is 5.75 Å². The highest BCUT2D eigenvalue weighted by Crippen LogP contribution is 2.37. The highest BCUT2D eigenvalue weighted by atomic mass is 35.5. The zero-order valence-corrected chi connectivity index (χ0v) is 11.7. The van der Waals surface area contributed by atoms with E-state index >= 15 is 0 Å². The van der Waals surface area contributed by atoms with Crippen LogP contribution in [0.1, 0.15) is 18.0 Å². The Labute approximate surface area is 122 Å². The number of phenolic OH excluding ortho intramolecular Hbond substituents is 1. The Morgan fingerprint density at radius 1 is 1.20 bits per heavy atom. The van der Waals surface area contributed by atoms with E-state index in [0.29, 0.717) is 31.7 Å². The van der Waals surface area contributed by atoms with Crippen molar-refractivity contribution in [3.63, 3.8) is 0 Å². The molecule has 114 valence electrons. The average Bonchev–Trinajstić information content (AvgIpc) is 2.37. The van der Waals surface area contributed by atoms with Crippen LogP contribution >= 0.6 is 12.4 Å². The molecule has 0 saturated carbocycles. The maximum absolute atomic E-state index is 12.8. The summed E-state index contributed by atoms with van der Waals surface area (Å²) < 4.78 is 38.3. The summed E-state index contributed by atoms with van der Waals surface area (Å²) in [5.41, 5.74) is 0.349. The fraction of sp³-hybridized carbons (Fsp3) is 0.538. The third-order valence-electron chi connectivity index (χ3n) is 3.31. The minimum atomic E-state index is -4.25. The topological polar surface area (TPSA) is 35.5 Å². The van der Waals surface area contributed by atoms with Crippen LogP contribution in [0.15, 0.2) is 24.3 Å². The minimum absolute atomic E-state index is 0. The monoisotopic (exact) mass is 310 g/mol. The number of piperazine rings is 1. The van der Waals surface area contributed by atoms with E-state index in [-0.39, 0.29) is 18.2 Å². The van der Waals surface area contributed by atoms with Crippen molar-refractivity contribution >= 4 is 12.4 Å². The largest absolute Gasteiger partial charge is 0.508 e. The van der Waals surface area contributed by atoms with Crippen LogP contribution in [-0.2, 0) is 0 Å². The summed E-state index contributed by atoms with van der Waals surface area (Å²) in [6, 6.07) is 5.44. The Morgan fingerprint density at radius 3 is 2.35 bits per heavy atom. The summed E-state index contributed by atoms with van der Waals surface area (Å²) in [6.45, 7) is 2.44. The quantitative estimate of drug-likeness (QED) is 0.901. The molecule has 3 nitrogen and oxygen atoms in total. The lowest BCUT2D eigenvalue weighted by Gasteiger charge is -2.35. The molecular formula is C13H18ClF3N2O. The maximum atomic E-state index is 12.8. The van der Waals surface area contributed by atoms with Crippen LogP contribution in [0.5, 0.6) is 5.75 Å². The smallest absolute Gasteiger partial charge is 0.390 e. The van der Waals surface area contributed by atoms with Crippen molar-refractivity contribution in [2.24, 2.45) is 0 Å². The van der Waals surface area contributed by atoms with Gasteiger partial charge in [0.15, 0.2) is 0 Å². The van der Waals surface area contributed by atoms with Gasteiger partial charge in [-0.25, -0.2) is 0 Å². The molecule has 0 spiro atoms. The number of nitrogens with zero attached hydrogens (tertiary/aromatic N) is 1. The molecule has 1 atom stereocenters. The first-order valence-electron chi connectivity index (χ1n) is 6.27. The van der Waals surface area contributed by atoms with Crippen molar-refractivity contribution in [3.05, 3.63) is 29.8 Å². The summed E-state index contributed by atoms with van der Waals surface area (Å²) in [5.74, 6) is -0.0738. The number of hydrogen-bond acceptors (Lipinski definition) is 3. The predicted octanol–water partition coefficient (Wildman–Crippen LogP) is 2.71. The van der Waals surface area contributed by atoms with Crippen LogP contribution in [0, 0.1) is 0 Å². The van der Waals surface area contributed by atoms with Gasteiger partial charge in [0.2, 0.25) is 0 Å². The number of nitrogens with one attached hydrogen (secondary N) is 1. The second-order valence-electron chi connectivity index (χ2n) is 4.68. The Balaban J connectivity index is 0.00000200. The maximum Gasteiger partial charge on any atom is 0.390 e. The molecule has 1 fully saturated rings. The van der Waals surface area contributed by atoms with E-state index in [0.717, 1.165) is 0 Å². The molecule has 1 aromatic rings. The molecule has 0 aromatic heterocycles. The van der Waals surface area contributed by atoms with Crippen LogP contribution in [0.3, 0.4) is 0 Å². The number of rotatable bonds is 3. The summed E-state index contributed by atoms with van der Waals surface area (Å²) >= 11 is 0. The fourth-order valence-electron chi connectivity index (χ4n) is 2.42. The van der Waals surface area contributed by atoms with Gasteiger partial charge in [-0.15, -0.1) is 12.4 Å². The van der Waals surface area contributed by atoms with Crippen LogP contribution < -0.4 is 5.32 Å². The van der Waals surface area contributed by atoms with Crippen molar-refractivity contribution in [1.82, 2.24) is 10.2 Å². The summed E-state index contributed by atoms with van der Waals surface area (Å²) in [7, 11) is 0. The second kappa shape index (κ2) is 7.15. The average molecular weight is 311 g/mol. The number of para-hydroxylation sites is 1. The molecule has 0 unspecified atom stereocenters. The van der Waals surface area contributed by atoms with Gasteiger partial charge >= 0.3 is 6.18 Å². The first-order chi connectivity index (χ1) is 8.97. The van der Waals surface area contributed by atoms with E-state index in [4.69, 9.17) is 0 Å². The van der Waals surface area contributed by atoms with Gasteiger partial charge in [0.1, 0.15) is 5.75 Å². The molecule has 1 aliphatic heterocycles. The van der Waals surface area contributed by atoms with Crippen LogP contribution in [0.4, 0.5) is 13.2 Å². The van der Waals surface area contributed by atoms with Crippen LogP contribution in [0.25, 0.3) is 0 Å². The van der Waals surface area contributed by atoms with E-state index < -0.39 is 18.6 Å². The van der Waals surface area contributed by atoms with E-state index in [2.05, 4.69) is 5.32 Å². The Morgan fingerprint density at radius 2 is 1.80 bits per heavy atom. The minimum Gasteiger partial charge on any atom is -0.508 e. The highest BCUT2D eigenvalue weighted by molar-refractivity contribution is 5.85. The zero-order chi connectivity index (χ0) is 13.9. The Kier molecular flexibility index (Phi) is 6.10. The Bertz CT molecular complexity index is 422. The number of benzene rings is 1. The first-order valence-corrected chi connectivity index (χ1v) is 6.27. The molecule has 1 heterocycles. The summed E-state index contributed by atoms with van der Waals surface area (Å²) in [5, 5.41) is 12.9. The van der Waals surface area contributed by atoms with Gasteiger partial charge in [-0.3, -0.25) is 4.90 Å². The molecule has 0 aliphatic carbocycles. The Hall–Kier alpha value is -0.980. The molecule has 2 rings (SSSR count). The first kappa shape index (κ1) is 17.1. The molecular weight excluding hydrogens is 293 g/mol. The van der Waals surface area contributed by atoms with E-state index in [1.165, 1.54) is 6.07 Å². The predicted molar refractivity (Wildman–Crippen MR) is 73.2 cm³/mol. The standard InChI is InChI=1S/C13H17F3N2O.ClH/c14-13(15,16)9-11(18-7-5-17-6-8-18)10-3-1-2-4-12(10)19;/h1-4,11,17,19H,5-9H2;1H/t11-;/m0./s1. The van der Waals surface area contributed by atoms with Gasteiger partial charge in [-0.2, -0.15) is 13.2 Å². The lowest BCUT2D eigenvalue weighted by Crippen LogP contribution is -2.46. The van der Waals surface area contributed by atoms with Crippen molar-refractivity contribution in [2.45, 2.75) is 18.6 Å². The number of hydrogen-bond donors (Lipinski definition) is 2. The number of aromatic hydroxyl groups is 1. The number of phenols is 1. The molecule has 7 heteroatoms. The third-order valence-corrected chi connectivity index (χ3v) is 3.31. The normalized spacial score (nSPS) is 18.4. The second-order valence-corrected chi connectivity index (χ2v) is 4.68. The summed E-state index contributed by atoms with van der Waals surface area (Å²) in [4.78, 5) is 1.78. The number of halogens is 4. The highest BCUT2D eigenvalue weighted by Gasteiger charge is 2.36. The molecule has 1 aromatic carbocycles. The fourth-order valence-corrected chi connectivity index (χ4v) is 2.42. The van der Waals surface area contributed by atoms with Crippen molar-refractivity contribution in [1.29, 1.82) is 0 Å². The van der Waals surface area contributed by atoms with Gasteiger partial charge in [0.05, 0.1) is 6.42 Å². The van der Waals surface area contributed by atoms with E-state index in [9.17, 15) is 18.3 Å². The zero-order valence-electron chi connectivity index (χ0n) is 10.9. The van der Waals surface area contributed by atoms with E-state index in [1.807, 2.05) is 0 Å². The summed E-state index contributed by atoms with van der Waals surface area (Å²) in [6.07, 6.45) is -5.19. The molecule has 1 aliphatic rings. The molecule has 0 amide bonds. The van der Waals surface area contributed by atoms with Crippen LogP contribution in [-0.4, -0.2) is 42.4 Å². The molecule has 1 saturated heterocycles. The van der Waals surface area contributed by atoms with Crippen molar-refractivity contribution < 1.29 is 18.3 Å². The van der Waals surface area contributed by atoms with Crippen molar-refractivity contribution in [2.75, 3.05) is 26.2 Å². The van der Waals surface area contributed by atoms with Gasteiger partial charge < -0.3 is 10.4 Å². The molecule has 2 N–H and O–H groups in total. The van der Waals surface area contributed by atoms with Gasteiger partial charge in [-0.1, -0.05) is 18.2 Å². The van der Waals surface area contributed by atoms with Gasteiger partial charge in [0, 0.05) is 37.8 Å². The molecule has 0 bridgehead atoms. The SMILES string of the molecule is Cl.Oc1ccccc1[C@H](CC(F)(F)F)N1CCNCC1.